The van der Waals surface area contributed by atoms with Crippen LogP contribution in [0.25, 0.3) is 0 Å². The van der Waals surface area contributed by atoms with Gasteiger partial charge in [-0.2, -0.15) is 0 Å². The van der Waals surface area contributed by atoms with Gasteiger partial charge >= 0.3 is 0 Å². The van der Waals surface area contributed by atoms with E-state index >= 15 is 0 Å². The Morgan fingerprint density at radius 1 is 1.39 bits per heavy atom. The summed E-state index contributed by atoms with van der Waals surface area (Å²) in [5.41, 5.74) is 2.14. The smallest absolute Gasteiger partial charge is 0.260 e. The van der Waals surface area contributed by atoms with E-state index in [1.807, 2.05) is 32.0 Å². The van der Waals surface area contributed by atoms with Crippen molar-refractivity contribution >= 4 is 5.91 Å². The van der Waals surface area contributed by atoms with Crippen molar-refractivity contribution in [2.75, 3.05) is 20.3 Å². The number of aryl methyl sites for hydroxylation is 2. The second-order valence-electron chi connectivity index (χ2n) is 4.31. The molecule has 18 heavy (non-hydrogen) atoms. The first-order valence-electron chi connectivity index (χ1n) is 6.05. The SMILES string of the molecule is COCCNC(=O)[C@H](C)Oc1cc(C)ccc1C. The molecule has 0 saturated carbocycles. The second kappa shape index (κ2) is 7.01. The summed E-state index contributed by atoms with van der Waals surface area (Å²) >= 11 is 0. The van der Waals surface area contributed by atoms with Gasteiger partial charge in [0.15, 0.2) is 6.10 Å². The van der Waals surface area contributed by atoms with Crippen molar-refractivity contribution in [1.29, 1.82) is 0 Å². The Hall–Kier alpha value is -1.55. The predicted molar refractivity (Wildman–Crippen MR) is 70.9 cm³/mol. The van der Waals surface area contributed by atoms with Gasteiger partial charge in [0.05, 0.1) is 6.61 Å². The van der Waals surface area contributed by atoms with Crippen LogP contribution in [0.3, 0.4) is 0 Å². The highest BCUT2D eigenvalue weighted by Crippen LogP contribution is 2.20. The third-order valence-electron chi connectivity index (χ3n) is 2.62. The summed E-state index contributed by atoms with van der Waals surface area (Å²) < 4.78 is 10.5. The highest BCUT2D eigenvalue weighted by Gasteiger charge is 2.14. The van der Waals surface area contributed by atoms with Gasteiger partial charge in [0.1, 0.15) is 5.75 Å². The summed E-state index contributed by atoms with van der Waals surface area (Å²) in [4.78, 5) is 11.7. The van der Waals surface area contributed by atoms with Gasteiger partial charge in [-0.1, -0.05) is 12.1 Å². The van der Waals surface area contributed by atoms with Crippen molar-refractivity contribution in [1.82, 2.24) is 5.32 Å². The molecule has 0 fully saturated rings. The lowest BCUT2D eigenvalue weighted by Crippen LogP contribution is -2.38. The number of hydrogen-bond acceptors (Lipinski definition) is 3. The molecule has 1 N–H and O–H groups in total. The molecule has 100 valence electrons. The molecular weight excluding hydrogens is 230 g/mol. The Balaban J connectivity index is 2.55. The maximum Gasteiger partial charge on any atom is 0.260 e. The molecule has 4 heteroatoms. The summed E-state index contributed by atoms with van der Waals surface area (Å²) in [6.07, 6.45) is -0.512. The van der Waals surface area contributed by atoms with Crippen molar-refractivity contribution in [3.8, 4) is 5.75 Å². The van der Waals surface area contributed by atoms with E-state index in [4.69, 9.17) is 9.47 Å². The van der Waals surface area contributed by atoms with Gasteiger partial charge in [-0.3, -0.25) is 4.79 Å². The van der Waals surface area contributed by atoms with Gasteiger partial charge in [-0.15, -0.1) is 0 Å². The molecule has 0 aromatic heterocycles. The van der Waals surface area contributed by atoms with Crippen LogP contribution in [-0.4, -0.2) is 32.3 Å². The highest BCUT2D eigenvalue weighted by atomic mass is 16.5. The minimum Gasteiger partial charge on any atom is -0.481 e. The van der Waals surface area contributed by atoms with E-state index in [9.17, 15) is 4.79 Å². The van der Waals surface area contributed by atoms with E-state index in [1.165, 1.54) is 0 Å². The summed E-state index contributed by atoms with van der Waals surface area (Å²) in [5, 5.41) is 2.75. The average Bonchev–Trinajstić information content (AvgIpc) is 2.34. The Bertz CT molecular complexity index is 404. The van der Waals surface area contributed by atoms with E-state index in [0.717, 1.165) is 16.9 Å². The standard InChI is InChI=1S/C14H21NO3/c1-10-5-6-11(2)13(9-10)18-12(3)14(16)15-7-8-17-4/h5-6,9,12H,7-8H2,1-4H3,(H,15,16)/t12-/m0/s1. The first-order valence-corrected chi connectivity index (χ1v) is 6.05. The molecule has 1 rings (SSSR count). The van der Waals surface area contributed by atoms with Crippen LogP contribution in [0.4, 0.5) is 0 Å². The largest absolute Gasteiger partial charge is 0.481 e. The van der Waals surface area contributed by atoms with Gasteiger partial charge < -0.3 is 14.8 Å². The van der Waals surface area contributed by atoms with Crippen LogP contribution in [0.2, 0.25) is 0 Å². The van der Waals surface area contributed by atoms with Crippen LogP contribution in [0.15, 0.2) is 18.2 Å². The van der Waals surface area contributed by atoms with Crippen LogP contribution in [0.5, 0.6) is 5.75 Å². The third-order valence-corrected chi connectivity index (χ3v) is 2.62. The number of amides is 1. The number of rotatable bonds is 6. The lowest BCUT2D eigenvalue weighted by atomic mass is 10.1. The van der Waals surface area contributed by atoms with Gasteiger partial charge in [0.2, 0.25) is 0 Å². The first kappa shape index (κ1) is 14.5. The normalized spacial score (nSPS) is 12.0. The average molecular weight is 251 g/mol. The molecular formula is C14H21NO3. The minimum atomic E-state index is -0.512. The molecule has 1 amide bonds. The predicted octanol–water partition coefficient (Wildman–Crippen LogP) is 1.83. The van der Waals surface area contributed by atoms with Crippen LogP contribution in [0.1, 0.15) is 18.1 Å². The van der Waals surface area contributed by atoms with Crippen molar-refractivity contribution in [3.05, 3.63) is 29.3 Å². The van der Waals surface area contributed by atoms with Crippen molar-refractivity contribution in [2.45, 2.75) is 26.9 Å². The van der Waals surface area contributed by atoms with Crippen molar-refractivity contribution in [2.24, 2.45) is 0 Å². The molecule has 1 aromatic rings. The number of benzene rings is 1. The summed E-state index contributed by atoms with van der Waals surface area (Å²) in [6.45, 7) is 6.70. The number of hydrogen-bond donors (Lipinski definition) is 1. The Kier molecular flexibility index (Phi) is 5.65. The van der Waals surface area contributed by atoms with Gasteiger partial charge in [-0.25, -0.2) is 0 Å². The zero-order valence-electron chi connectivity index (χ0n) is 11.4. The third kappa shape index (κ3) is 4.37. The lowest BCUT2D eigenvalue weighted by Gasteiger charge is -2.16. The lowest BCUT2D eigenvalue weighted by molar-refractivity contribution is -0.127. The fourth-order valence-corrected chi connectivity index (χ4v) is 1.50. The molecule has 0 heterocycles. The topological polar surface area (TPSA) is 47.6 Å². The Morgan fingerprint density at radius 3 is 2.78 bits per heavy atom. The number of ether oxygens (including phenoxy) is 2. The van der Waals surface area contributed by atoms with E-state index < -0.39 is 6.10 Å². The molecule has 0 bridgehead atoms. The second-order valence-corrected chi connectivity index (χ2v) is 4.31. The molecule has 0 aliphatic carbocycles. The monoisotopic (exact) mass is 251 g/mol. The van der Waals surface area contributed by atoms with Crippen molar-refractivity contribution < 1.29 is 14.3 Å². The fourth-order valence-electron chi connectivity index (χ4n) is 1.50. The fraction of sp³-hybridized carbons (Fsp3) is 0.500. The zero-order valence-corrected chi connectivity index (χ0v) is 11.4. The highest BCUT2D eigenvalue weighted by molar-refractivity contribution is 5.80. The molecule has 4 nitrogen and oxygen atoms in total. The van der Waals surface area contributed by atoms with E-state index in [-0.39, 0.29) is 5.91 Å². The minimum absolute atomic E-state index is 0.132. The van der Waals surface area contributed by atoms with Crippen LogP contribution >= 0.6 is 0 Å². The van der Waals surface area contributed by atoms with E-state index in [0.29, 0.717) is 13.2 Å². The van der Waals surface area contributed by atoms with Gasteiger partial charge in [0, 0.05) is 13.7 Å². The molecule has 0 saturated heterocycles. The van der Waals surface area contributed by atoms with Crippen LogP contribution in [-0.2, 0) is 9.53 Å². The number of nitrogens with one attached hydrogen (secondary N) is 1. The summed E-state index contributed by atoms with van der Waals surface area (Å²) in [6, 6.07) is 5.94. The molecule has 0 radical (unpaired) electrons. The van der Waals surface area contributed by atoms with Gasteiger partial charge in [-0.05, 0) is 38.0 Å². The summed E-state index contributed by atoms with van der Waals surface area (Å²) in [7, 11) is 1.60. The first-order chi connectivity index (χ1) is 8.54. The zero-order chi connectivity index (χ0) is 13.5. The maximum absolute atomic E-state index is 11.7. The van der Waals surface area contributed by atoms with Crippen molar-refractivity contribution in [3.63, 3.8) is 0 Å². The van der Waals surface area contributed by atoms with Crippen LogP contribution < -0.4 is 10.1 Å². The number of carbonyl (C=O) groups is 1. The molecule has 0 aliphatic rings. The Labute approximate surface area is 108 Å². The molecule has 1 atom stereocenters. The Morgan fingerprint density at radius 2 is 2.11 bits per heavy atom. The number of carbonyl (C=O) groups excluding carboxylic acids is 1. The van der Waals surface area contributed by atoms with Crippen LogP contribution in [0, 0.1) is 13.8 Å². The van der Waals surface area contributed by atoms with Gasteiger partial charge in [0.25, 0.3) is 5.91 Å². The van der Waals surface area contributed by atoms with E-state index in [2.05, 4.69) is 5.32 Å². The molecule has 0 unspecified atom stereocenters. The molecule has 0 spiro atoms. The molecule has 0 aliphatic heterocycles. The summed E-state index contributed by atoms with van der Waals surface area (Å²) in [5.74, 6) is 0.623. The maximum atomic E-state index is 11.7. The van der Waals surface area contributed by atoms with E-state index in [1.54, 1.807) is 14.0 Å². The molecule has 1 aromatic carbocycles. The number of methoxy groups -OCH3 is 1. The quantitative estimate of drug-likeness (QED) is 0.785.